The number of rotatable bonds is 7. The van der Waals surface area contributed by atoms with Crippen LogP contribution in [0.15, 0.2) is 237 Å². The largest absolute Gasteiger partial charge is 0.228 e. The van der Waals surface area contributed by atoms with E-state index in [2.05, 4.69) is 244 Å². The van der Waals surface area contributed by atoms with Crippen molar-refractivity contribution in [2.75, 3.05) is 0 Å². The minimum absolute atomic E-state index is 0.256. The summed E-state index contributed by atoms with van der Waals surface area (Å²) in [5.74, 6) is 0.696. The predicted octanol–water partition coefficient (Wildman–Crippen LogP) is 16.1. The van der Waals surface area contributed by atoms with Crippen LogP contribution in [0, 0.1) is 0 Å². The van der Waals surface area contributed by atoms with Crippen LogP contribution in [0.4, 0.5) is 0 Å². The number of hydrogen-bond donors (Lipinski definition) is 0. The Morgan fingerprint density at radius 2 is 0.844 bits per heavy atom. The molecule has 0 fully saturated rings. The molecule has 2 nitrogen and oxygen atoms in total. The van der Waals surface area contributed by atoms with Crippen LogP contribution in [-0.2, 0) is 5.41 Å². The van der Waals surface area contributed by atoms with Gasteiger partial charge in [-0.05, 0) is 114 Å². The molecule has 1 atom stereocenters. The Labute approximate surface area is 373 Å². The summed E-state index contributed by atoms with van der Waals surface area (Å²) < 4.78 is 0. The van der Waals surface area contributed by atoms with Crippen molar-refractivity contribution in [3.63, 3.8) is 0 Å². The molecule has 1 aliphatic carbocycles. The molecule has 1 aromatic heterocycles. The summed E-state index contributed by atoms with van der Waals surface area (Å²) in [6, 6.07) is 85.5. The van der Waals surface area contributed by atoms with E-state index in [-0.39, 0.29) is 5.41 Å². The Kier molecular flexibility index (Phi) is 8.98. The molecular formula is C62H42N2. The standard InChI is InChI=1S/C62H42N2/c1-62(50-21-6-3-7-22-50)57-26-13-12-25-54(57)55-34-33-47(39-58(55)62)46-19-14-20-48(37-46)51-35-36-56(53-24-11-10-23-52(51)53)60-40-59(49-32-29-42-17-8-9-18-45(42)38-49)63-61(64-60)44-30-27-43(28-31-44)41-15-4-2-5-16-41/h2-40H,1H3. The average molecular weight is 815 g/mol. The summed E-state index contributed by atoms with van der Waals surface area (Å²) in [6.07, 6.45) is 0. The quantitative estimate of drug-likeness (QED) is 0.160. The molecule has 0 N–H and O–H groups in total. The van der Waals surface area contributed by atoms with Gasteiger partial charge in [0.1, 0.15) is 0 Å². The topological polar surface area (TPSA) is 25.8 Å². The van der Waals surface area contributed by atoms with Crippen molar-refractivity contribution in [2.45, 2.75) is 12.3 Å². The Morgan fingerprint density at radius 1 is 0.297 bits per heavy atom. The molecular weight excluding hydrogens is 773 g/mol. The maximum Gasteiger partial charge on any atom is 0.160 e. The summed E-state index contributed by atoms with van der Waals surface area (Å²) in [6.45, 7) is 2.38. The third-order valence-corrected chi connectivity index (χ3v) is 13.4. The van der Waals surface area contributed by atoms with Gasteiger partial charge in [-0.2, -0.15) is 0 Å². The van der Waals surface area contributed by atoms with E-state index in [0.717, 1.165) is 39.0 Å². The molecule has 0 bridgehead atoms. The fraction of sp³-hybridized carbons (Fsp3) is 0.0323. The van der Waals surface area contributed by atoms with Crippen LogP contribution < -0.4 is 0 Å². The van der Waals surface area contributed by atoms with Crippen LogP contribution in [-0.4, -0.2) is 9.97 Å². The molecule has 12 rings (SSSR count). The predicted molar refractivity (Wildman–Crippen MR) is 267 cm³/mol. The van der Waals surface area contributed by atoms with Crippen molar-refractivity contribution >= 4 is 21.5 Å². The summed E-state index contributed by atoms with van der Waals surface area (Å²) >= 11 is 0. The second-order valence-electron chi connectivity index (χ2n) is 17.1. The minimum Gasteiger partial charge on any atom is -0.228 e. The zero-order chi connectivity index (χ0) is 42.6. The van der Waals surface area contributed by atoms with Crippen molar-refractivity contribution in [3.05, 3.63) is 253 Å². The van der Waals surface area contributed by atoms with Gasteiger partial charge in [0.25, 0.3) is 0 Å². The van der Waals surface area contributed by atoms with Gasteiger partial charge in [0.2, 0.25) is 0 Å². The van der Waals surface area contributed by atoms with Crippen LogP contribution in [0.25, 0.3) is 100.0 Å². The Hall–Kier alpha value is -8.20. The van der Waals surface area contributed by atoms with E-state index in [1.54, 1.807) is 0 Å². The maximum absolute atomic E-state index is 5.34. The highest BCUT2D eigenvalue weighted by molar-refractivity contribution is 6.05. The summed E-state index contributed by atoms with van der Waals surface area (Å²) in [5.41, 5.74) is 18.4. The van der Waals surface area contributed by atoms with E-state index >= 15 is 0 Å². The van der Waals surface area contributed by atoms with Crippen LogP contribution >= 0.6 is 0 Å². The fourth-order valence-corrected chi connectivity index (χ4v) is 10.0. The second kappa shape index (κ2) is 15.3. The highest BCUT2D eigenvalue weighted by atomic mass is 14.9. The smallest absolute Gasteiger partial charge is 0.160 e. The molecule has 11 aromatic rings. The first kappa shape index (κ1) is 37.6. The van der Waals surface area contributed by atoms with E-state index in [1.807, 2.05) is 0 Å². The molecule has 10 aromatic carbocycles. The zero-order valence-corrected chi connectivity index (χ0v) is 35.4. The molecule has 300 valence electrons. The molecule has 0 spiro atoms. The van der Waals surface area contributed by atoms with E-state index in [1.165, 1.54) is 71.8 Å². The lowest BCUT2D eigenvalue weighted by molar-refractivity contribution is 0.714. The van der Waals surface area contributed by atoms with Gasteiger partial charge in [-0.1, -0.05) is 212 Å². The van der Waals surface area contributed by atoms with Crippen LogP contribution in [0.1, 0.15) is 23.6 Å². The third-order valence-electron chi connectivity index (χ3n) is 13.4. The first-order valence-electron chi connectivity index (χ1n) is 22.1. The van der Waals surface area contributed by atoms with Crippen molar-refractivity contribution in [1.29, 1.82) is 0 Å². The SMILES string of the molecule is CC1(c2ccccc2)c2ccccc2-c2ccc(-c3cccc(-c4ccc(-c5cc(-c6ccc7ccccc7c6)nc(-c6ccc(-c7ccccc7)cc6)n5)c5ccccc45)c3)cc21. The zero-order valence-electron chi connectivity index (χ0n) is 35.4. The van der Waals surface area contributed by atoms with E-state index in [0.29, 0.717) is 5.82 Å². The van der Waals surface area contributed by atoms with Gasteiger partial charge >= 0.3 is 0 Å². The van der Waals surface area contributed by atoms with Crippen molar-refractivity contribution in [1.82, 2.24) is 9.97 Å². The van der Waals surface area contributed by atoms with Gasteiger partial charge in [-0.25, -0.2) is 9.97 Å². The summed E-state index contributed by atoms with van der Waals surface area (Å²) in [4.78, 5) is 10.6. The Bertz CT molecular complexity index is 3550. The Morgan fingerprint density at radius 3 is 1.67 bits per heavy atom. The molecule has 1 heterocycles. The lowest BCUT2D eigenvalue weighted by Gasteiger charge is -2.28. The number of fused-ring (bicyclic) bond motifs is 5. The van der Waals surface area contributed by atoms with Crippen LogP contribution in [0.2, 0.25) is 0 Å². The third kappa shape index (κ3) is 6.34. The number of nitrogens with zero attached hydrogens (tertiary/aromatic N) is 2. The molecule has 64 heavy (non-hydrogen) atoms. The highest BCUT2D eigenvalue weighted by Crippen LogP contribution is 2.53. The second-order valence-corrected chi connectivity index (χ2v) is 17.1. The monoisotopic (exact) mass is 814 g/mol. The number of hydrogen-bond acceptors (Lipinski definition) is 2. The molecule has 0 radical (unpaired) electrons. The van der Waals surface area contributed by atoms with Crippen LogP contribution in [0.3, 0.4) is 0 Å². The van der Waals surface area contributed by atoms with Gasteiger partial charge in [0.15, 0.2) is 5.82 Å². The molecule has 1 unspecified atom stereocenters. The summed E-state index contributed by atoms with van der Waals surface area (Å²) in [5, 5.41) is 4.71. The van der Waals surface area contributed by atoms with Crippen LogP contribution in [0.5, 0.6) is 0 Å². The lowest BCUT2D eigenvalue weighted by atomic mass is 9.74. The first-order valence-corrected chi connectivity index (χ1v) is 22.1. The highest BCUT2D eigenvalue weighted by Gasteiger charge is 2.40. The van der Waals surface area contributed by atoms with Gasteiger partial charge in [0.05, 0.1) is 11.4 Å². The van der Waals surface area contributed by atoms with Crippen molar-refractivity contribution in [2.24, 2.45) is 0 Å². The van der Waals surface area contributed by atoms with E-state index < -0.39 is 0 Å². The minimum atomic E-state index is -0.256. The van der Waals surface area contributed by atoms with Crippen molar-refractivity contribution < 1.29 is 0 Å². The van der Waals surface area contributed by atoms with Gasteiger partial charge in [-0.3, -0.25) is 0 Å². The average Bonchev–Trinajstić information content (AvgIpc) is 3.64. The van der Waals surface area contributed by atoms with E-state index in [9.17, 15) is 0 Å². The van der Waals surface area contributed by atoms with E-state index in [4.69, 9.17) is 9.97 Å². The molecule has 1 aliphatic rings. The maximum atomic E-state index is 5.34. The first-order chi connectivity index (χ1) is 31.6. The van der Waals surface area contributed by atoms with Gasteiger partial charge in [0, 0.05) is 22.1 Å². The molecule has 2 heteroatoms. The lowest BCUT2D eigenvalue weighted by Crippen LogP contribution is -2.22. The molecule has 0 saturated carbocycles. The van der Waals surface area contributed by atoms with Gasteiger partial charge in [-0.15, -0.1) is 0 Å². The number of benzene rings is 10. The van der Waals surface area contributed by atoms with Gasteiger partial charge < -0.3 is 0 Å². The molecule has 0 aliphatic heterocycles. The number of aromatic nitrogens is 2. The molecule has 0 amide bonds. The normalized spacial score (nSPS) is 14.1. The van der Waals surface area contributed by atoms with Crippen molar-refractivity contribution in [3.8, 4) is 78.4 Å². The molecule has 0 saturated heterocycles. The summed E-state index contributed by atoms with van der Waals surface area (Å²) in [7, 11) is 0. The fourth-order valence-electron chi connectivity index (χ4n) is 10.0. The Balaban J connectivity index is 0.963.